The first-order valence-corrected chi connectivity index (χ1v) is 8.01. The third-order valence-corrected chi connectivity index (χ3v) is 3.80. The SMILES string of the molecule is Cc1ccc(C)c(Nc2nc(C)cc(Nc3ccccc3C#N)n2)c1. The number of aromatic nitrogens is 2. The second-order valence-electron chi connectivity index (χ2n) is 5.94. The molecular weight excluding hydrogens is 310 g/mol. The minimum Gasteiger partial charge on any atom is -0.339 e. The van der Waals surface area contributed by atoms with E-state index in [2.05, 4.69) is 44.9 Å². The van der Waals surface area contributed by atoms with Gasteiger partial charge in [-0.25, -0.2) is 4.98 Å². The zero-order chi connectivity index (χ0) is 17.8. The van der Waals surface area contributed by atoms with Gasteiger partial charge in [-0.1, -0.05) is 24.3 Å². The summed E-state index contributed by atoms with van der Waals surface area (Å²) in [6.45, 7) is 6.00. The molecule has 0 bridgehead atoms. The van der Waals surface area contributed by atoms with Gasteiger partial charge in [0.05, 0.1) is 11.3 Å². The summed E-state index contributed by atoms with van der Waals surface area (Å²) in [5.74, 6) is 1.16. The van der Waals surface area contributed by atoms with Crippen LogP contribution in [0.3, 0.4) is 0 Å². The summed E-state index contributed by atoms with van der Waals surface area (Å²) in [6, 6.07) is 17.6. The van der Waals surface area contributed by atoms with Crippen LogP contribution in [-0.4, -0.2) is 9.97 Å². The van der Waals surface area contributed by atoms with E-state index in [1.807, 2.05) is 45.0 Å². The highest BCUT2D eigenvalue weighted by molar-refractivity contribution is 5.66. The maximum atomic E-state index is 9.22. The van der Waals surface area contributed by atoms with Crippen LogP contribution in [0.2, 0.25) is 0 Å². The van der Waals surface area contributed by atoms with Crippen molar-refractivity contribution in [2.45, 2.75) is 20.8 Å². The summed E-state index contributed by atoms with van der Waals surface area (Å²) >= 11 is 0. The minimum absolute atomic E-state index is 0.519. The predicted molar refractivity (Wildman–Crippen MR) is 100 cm³/mol. The van der Waals surface area contributed by atoms with E-state index in [1.165, 1.54) is 5.56 Å². The molecule has 0 radical (unpaired) electrons. The van der Waals surface area contributed by atoms with Crippen molar-refractivity contribution < 1.29 is 0 Å². The summed E-state index contributed by atoms with van der Waals surface area (Å²) in [7, 11) is 0. The van der Waals surface area contributed by atoms with Crippen LogP contribution in [0.15, 0.2) is 48.5 Å². The summed E-state index contributed by atoms with van der Waals surface area (Å²) in [6.07, 6.45) is 0. The van der Waals surface area contributed by atoms with Crippen molar-refractivity contribution in [3.05, 3.63) is 70.9 Å². The topological polar surface area (TPSA) is 73.6 Å². The van der Waals surface area contributed by atoms with Gasteiger partial charge in [0.2, 0.25) is 5.95 Å². The van der Waals surface area contributed by atoms with Crippen molar-refractivity contribution in [2.75, 3.05) is 10.6 Å². The number of hydrogen-bond donors (Lipinski definition) is 2. The van der Waals surface area contributed by atoms with E-state index >= 15 is 0 Å². The van der Waals surface area contributed by atoms with Crippen molar-refractivity contribution in [3.63, 3.8) is 0 Å². The van der Waals surface area contributed by atoms with Crippen LogP contribution in [0.5, 0.6) is 0 Å². The molecule has 0 aliphatic heterocycles. The highest BCUT2D eigenvalue weighted by atomic mass is 15.1. The number of nitriles is 1. The summed E-state index contributed by atoms with van der Waals surface area (Å²) in [5, 5.41) is 15.7. The second kappa shape index (κ2) is 7.02. The first kappa shape index (κ1) is 16.5. The third kappa shape index (κ3) is 3.93. The van der Waals surface area contributed by atoms with Crippen molar-refractivity contribution in [2.24, 2.45) is 0 Å². The molecule has 0 fully saturated rings. The first-order chi connectivity index (χ1) is 12.0. The summed E-state index contributed by atoms with van der Waals surface area (Å²) in [4.78, 5) is 8.98. The highest BCUT2D eigenvalue weighted by Gasteiger charge is 2.07. The monoisotopic (exact) mass is 329 g/mol. The smallest absolute Gasteiger partial charge is 0.229 e. The Kier molecular flexibility index (Phi) is 4.62. The number of nitrogens with one attached hydrogen (secondary N) is 2. The van der Waals surface area contributed by atoms with E-state index in [-0.39, 0.29) is 0 Å². The molecule has 0 amide bonds. The normalized spacial score (nSPS) is 10.2. The Labute approximate surface area is 147 Å². The van der Waals surface area contributed by atoms with Crippen molar-refractivity contribution in [1.29, 1.82) is 5.26 Å². The van der Waals surface area contributed by atoms with Crippen LogP contribution in [0.4, 0.5) is 23.1 Å². The summed E-state index contributed by atoms with van der Waals surface area (Å²) in [5.41, 5.74) is 5.40. The lowest BCUT2D eigenvalue weighted by atomic mass is 10.1. The molecule has 3 rings (SSSR count). The molecule has 5 heteroatoms. The molecule has 1 heterocycles. The van der Waals surface area contributed by atoms with Crippen molar-refractivity contribution in [3.8, 4) is 6.07 Å². The van der Waals surface area contributed by atoms with Gasteiger partial charge in [0.15, 0.2) is 0 Å². The number of hydrogen-bond acceptors (Lipinski definition) is 5. The molecule has 5 nitrogen and oxygen atoms in total. The molecule has 0 saturated heterocycles. The van der Waals surface area contributed by atoms with E-state index in [1.54, 1.807) is 6.07 Å². The fourth-order valence-electron chi connectivity index (χ4n) is 2.51. The Morgan fingerprint density at radius 1 is 0.880 bits per heavy atom. The van der Waals surface area contributed by atoms with Crippen LogP contribution in [0.25, 0.3) is 0 Å². The van der Waals surface area contributed by atoms with Gasteiger partial charge in [-0.2, -0.15) is 10.2 Å². The Morgan fingerprint density at radius 2 is 1.68 bits per heavy atom. The molecule has 0 unspecified atom stereocenters. The highest BCUT2D eigenvalue weighted by Crippen LogP contribution is 2.23. The van der Waals surface area contributed by atoms with E-state index in [9.17, 15) is 5.26 Å². The first-order valence-electron chi connectivity index (χ1n) is 8.01. The van der Waals surface area contributed by atoms with E-state index in [4.69, 9.17) is 0 Å². The van der Waals surface area contributed by atoms with Gasteiger partial charge >= 0.3 is 0 Å². The Morgan fingerprint density at radius 3 is 2.48 bits per heavy atom. The maximum absolute atomic E-state index is 9.22. The van der Waals surface area contributed by atoms with Gasteiger partial charge in [0.25, 0.3) is 0 Å². The van der Waals surface area contributed by atoms with Crippen LogP contribution in [-0.2, 0) is 0 Å². The molecule has 0 aliphatic carbocycles. The second-order valence-corrected chi connectivity index (χ2v) is 5.94. The molecule has 2 aromatic carbocycles. The van der Waals surface area contributed by atoms with Crippen LogP contribution >= 0.6 is 0 Å². The molecule has 124 valence electrons. The third-order valence-electron chi connectivity index (χ3n) is 3.80. The molecule has 25 heavy (non-hydrogen) atoms. The molecule has 0 spiro atoms. The molecule has 2 N–H and O–H groups in total. The molecule has 0 aliphatic rings. The Balaban J connectivity index is 1.91. The number of nitrogens with zero attached hydrogens (tertiary/aromatic N) is 3. The fourth-order valence-corrected chi connectivity index (χ4v) is 2.51. The number of anilines is 4. The average Bonchev–Trinajstić information content (AvgIpc) is 2.58. The lowest BCUT2D eigenvalue weighted by molar-refractivity contribution is 1.10. The van der Waals surface area contributed by atoms with E-state index in [0.717, 1.165) is 22.6 Å². The minimum atomic E-state index is 0.519. The largest absolute Gasteiger partial charge is 0.339 e. The van der Waals surface area contributed by atoms with Gasteiger partial charge in [0, 0.05) is 17.4 Å². The number of para-hydroxylation sites is 1. The molecule has 0 atom stereocenters. The van der Waals surface area contributed by atoms with E-state index in [0.29, 0.717) is 17.3 Å². The lowest BCUT2D eigenvalue weighted by Crippen LogP contribution is -2.04. The van der Waals surface area contributed by atoms with Gasteiger partial charge in [-0.15, -0.1) is 0 Å². The zero-order valence-electron chi connectivity index (χ0n) is 14.5. The van der Waals surface area contributed by atoms with Crippen molar-refractivity contribution >= 4 is 23.1 Å². The van der Waals surface area contributed by atoms with Gasteiger partial charge in [-0.05, 0) is 50.1 Å². The number of benzene rings is 2. The average molecular weight is 329 g/mol. The van der Waals surface area contributed by atoms with Crippen molar-refractivity contribution in [1.82, 2.24) is 9.97 Å². The number of aryl methyl sites for hydroxylation is 3. The molecular formula is C20H19N5. The molecule has 0 saturated carbocycles. The fraction of sp³-hybridized carbons (Fsp3) is 0.150. The zero-order valence-corrected chi connectivity index (χ0v) is 14.5. The standard InChI is InChI=1S/C20H19N5/c1-13-8-9-14(2)18(10-13)24-20-22-15(3)11-19(25-20)23-17-7-5-4-6-16(17)12-21/h4-11H,1-3H3,(H2,22,23,24,25). The predicted octanol–water partition coefficient (Wildman–Crippen LogP) is 4.76. The van der Waals surface area contributed by atoms with Gasteiger partial charge in [0.1, 0.15) is 11.9 Å². The molecule has 1 aromatic heterocycles. The van der Waals surface area contributed by atoms with Crippen LogP contribution in [0.1, 0.15) is 22.4 Å². The molecule has 3 aromatic rings. The Bertz CT molecular complexity index is 957. The van der Waals surface area contributed by atoms with Gasteiger partial charge in [-0.3, -0.25) is 0 Å². The van der Waals surface area contributed by atoms with Crippen LogP contribution < -0.4 is 10.6 Å². The quantitative estimate of drug-likeness (QED) is 0.722. The number of rotatable bonds is 4. The Hall–Kier alpha value is -3.39. The van der Waals surface area contributed by atoms with E-state index < -0.39 is 0 Å². The lowest BCUT2D eigenvalue weighted by Gasteiger charge is -2.12. The summed E-state index contributed by atoms with van der Waals surface area (Å²) < 4.78 is 0. The van der Waals surface area contributed by atoms with Gasteiger partial charge < -0.3 is 10.6 Å². The maximum Gasteiger partial charge on any atom is 0.229 e. The van der Waals surface area contributed by atoms with Crippen LogP contribution in [0, 0.1) is 32.1 Å².